The van der Waals surface area contributed by atoms with E-state index in [2.05, 4.69) is 23.6 Å². The van der Waals surface area contributed by atoms with Crippen molar-refractivity contribution in [2.45, 2.75) is 51.6 Å². The van der Waals surface area contributed by atoms with Gasteiger partial charge in [-0.1, -0.05) is 0 Å². The summed E-state index contributed by atoms with van der Waals surface area (Å²) in [6, 6.07) is 0.511. The number of piperidine rings is 1. The third-order valence-corrected chi connectivity index (χ3v) is 4.57. The molecule has 3 unspecified atom stereocenters. The van der Waals surface area contributed by atoms with E-state index in [1.165, 1.54) is 19.3 Å². The molecule has 0 saturated carbocycles. The highest BCUT2D eigenvalue weighted by Gasteiger charge is 2.35. The highest BCUT2D eigenvalue weighted by molar-refractivity contribution is 5.81. The Balaban J connectivity index is 1.93. The molecule has 2 heterocycles. The molecule has 3 atom stereocenters. The summed E-state index contributed by atoms with van der Waals surface area (Å²) >= 11 is 0. The van der Waals surface area contributed by atoms with Crippen molar-refractivity contribution < 1.29 is 4.79 Å². The van der Waals surface area contributed by atoms with Crippen LogP contribution in [0.2, 0.25) is 0 Å². The van der Waals surface area contributed by atoms with Crippen LogP contribution in [0, 0.1) is 5.92 Å². The van der Waals surface area contributed by atoms with Crippen molar-refractivity contribution in [3.05, 3.63) is 0 Å². The van der Waals surface area contributed by atoms with Crippen LogP contribution in [0.4, 0.5) is 0 Å². The van der Waals surface area contributed by atoms with Crippen molar-refractivity contribution in [2.24, 2.45) is 11.7 Å². The molecule has 2 N–H and O–H groups in total. The summed E-state index contributed by atoms with van der Waals surface area (Å²) in [5.74, 6) is 0.885. The third kappa shape index (κ3) is 2.86. The molecule has 2 aliphatic heterocycles. The van der Waals surface area contributed by atoms with Crippen molar-refractivity contribution in [1.29, 1.82) is 0 Å². The monoisotopic (exact) mass is 253 g/mol. The van der Waals surface area contributed by atoms with E-state index in [4.69, 9.17) is 5.73 Å². The summed E-state index contributed by atoms with van der Waals surface area (Å²) in [6.45, 7) is 7.91. The fraction of sp³-hybridized carbons (Fsp3) is 0.929. The van der Waals surface area contributed by atoms with Crippen LogP contribution in [0.25, 0.3) is 0 Å². The van der Waals surface area contributed by atoms with Gasteiger partial charge in [0.05, 0.1) is 6.04 Å². The summed E-state index contributed by atoms with van der Waals surface area (Å²) in [4.78, 5) is 16.9. The van der Waals surface area contributed by atoms with E-state index < -0.39 is 0 Å². The van der Waals surface area contributed by atoms with Gasteiger partial charge in [0, 0.05) is 25.7 Å². The molecule has 0 aromatic carbocycles. The van der Waals surface area contributed by atoms with Crippen LogP contribution in [-0.4, -0.2) is 54.0 Å². The average molecular weight is 253 g/mol. The fourth-order valence-corrected chi connectivity index (χ4v) is 3.40. The normalized spacial score (nSPS) is 31.6. The smallest absolute Gasteiger partial charge is 0.239 e. The van der Waals surface area contributed by atoms with Crippen LogP contribution in [0.5, 0.6) is 0 Å². The first-order chi connectivity index (χ1) is 8.63. The molecule has 0 radical (unpaired) electrons. The zero-order valence-corrected chi connectivity index (χ0v) is 11.8. The first kappa shape index (κ1) is 13.8. The molecular formula is C14H27N3O. The summed E-state index contributed by atoms with van der Waals surface area (Å²) in [5, 5.41) is 0. The Bertz CT molecular complexity index is 289. The predicted octanol–water partition coefficient (Wildman–Crippen LogP) is 1.06. The lowest BCUT2D eigenvalue weighted by atomic mass is 10.1. The predicted molar refractivity (Wildman–Crippen MR) is 73.2 cm³/mol. The number of carbonyl (C=O) groups excluding carboxylic acids is 1. The molecule has 0 aromatic heterocycles. The van der Waals surface area contributed by atoms with E-state index in [-0.39, 0.29) is 6.04 Å². The Morgan fingerprint density at radius 3 is 2.56 bits per heavy atom. The van der Waals surface area contributed by atoms with Crippen molar-refractivity contribution in [1.82, 2.24) is 9.80 Å². The van der Waals surface area contributed by atoms with E-state index in [0.29, 0.717) is 17.9 Å². The van der Waals surface area contributed by atoms with Gasteiger partial charge >= 0.3 is 0 Å². The Morgan fingerprint density at radius 2 is 2.00 bits per heavy atom. The third-order valence-electron chi connectivity index (χ3n) is 4.57. The maximum absolute atomic E-state index is 12.5. The summed E-state index contributed by atoms with van der Waals surface area (Å²) in [7, 11) is 0. The van der Waals surface area contributed by atoms with Crippen LogP contribution in [0.15, 0.2) is 0 Å². The Morgan fingerprint density at radius 1 is 1.33 bits per heavy atom. The molecule has 0 bridgehead atoms. The van der Waals surface area contributed by atoms with Crippen molar-refractivity contribution in [3.8, 4) is 0 Å². The van der Waals surface area contributed by atoms with E-state index in [9.17, 15) is 4.79 Å². The zero-order valence-electron chi connectivity index (χ0n) is 11.8. The number of carbonyl (C=O) groups is 1. The SMILES string of the molecule is CC1CC(CN)CN1C(C)C(=O)N1CCCCC1. The van der Waals surface area contributed by atoms with Crippen molar-refractivity contribution >= 4 is 5.91 Å². The molecule has 2 rings (SSSR count). The van der Waals surface area contributed by atoms with E-state index in [0.717, 1.165) is 32.6 Å². The maximum atomic E-state index is 12.5. The lowest BCUT2D eigenvalue weighted by molar-refractivity contribution is -0.137. The first-order valence-electron chi connectivity index (χ1n) is 7.38. The number of likely N-dealkylation sites (tertiary alicyclic amines) is 2. The van der Waals surface area contributed by atoms with E-state index in [1.807, 2.05) is 0 Å². The second-order valence-electron chi connectivity index (χ2n) is 5.95. The molecule has 0 spiro atoms. The number of nitrogens with two attached hydrogens (primary N) is 1. The minimum absolute atomic E-state index is 0.0228. The molecule has 0 aliphatic carbocycles. The number of nitrogens with zero attached hydrogens (tertiary/aromatic N) is 2. The average Bonchev–Trinajstić information content (AvgIpc) is 2.79. The maximum Gasteiger partial charge on any atom is 0.239 e. The standard InChI is InChI=1S/C14H27N3O/c1-11-8-13(9-15)10-17(11)12(2)14(18)16-6-4-3-5-7-16/h11-13H,3-10,15H2,1-2H3. The van der Waals surface area contributed by atoms with Gasteiger partial charge in [0.15, 0.2) is 0 Å². The van der Waals surface area contributed by atoms with Gasteiger partial charge in [0.1, 0.15) is 0 Å². The van der Waals surface area contributed by atoms with Crippen LogP contribution in [0.3, 0.4) is 0 Å². The minimum atomic E-state index is 0.0228. The first-order valence-corrected chi connectivity index (χ1v) is 7.38. The van der Waals surface area contributed by atoms with Gasteiger partial charge in [0.2, 0.25) is 5.91 Å². The van der Waals surface area contributed by atoms with Gasteiger partial charge in [-0.2, -0.15) is 0 Å². The molecule has 0 aromatic rings. The molecule has 1 amide bonds. The lowest BCUT2D eigenvalue weighted by Crippen LogP contribution is -2.49. The molecule has 2 saturated heterocycles. The highest BCUT2D eigenvalue weighted by atomic mass is 16.2. The van der Waals surface area contributed by atoms with Crippen molar-refractivity contribution in [3.63, 3.8) is 0 Å². The molecule has 4 nitrogen and oxygen atoms in total. The second kappa shape index (κ2) is 6.02. The number of hydrogen-bond acceptors (Lipinski definition) is 3. The number of rotatable bonds is 3. The van der Waals surface area contributed by atoms with E-state index >= 15 is 0 Å². The molecule has 2 fully saturated rings. The molecule has 4 heteroatoms. The largest absolute Gasteiger partial charge is 0.341 e. The van der Waals surface area contributed by atoms with Gasteiger partial charge in [0.25, 0.3) is 0 Å². The Hall–Kier alpha value is -0.610. The number of hydrogen-bond donors (Lipinski definition) is 1. The van der Waals surface area contributed by atoms with Crippen LogP contribution >= 0.6 is 0 Å². The minimum Gasteiger partial charge on any atom is -0.341 e. The zero-order chi connectivity index (χ0) is 13.1. The van der Waals surface area contributed by atoms with Crippen molar-refractivity contribution in [2.75, 3.05) is 26.2 Å². The summed E-state index contributed by atoms with van der Waals surface area (Å²) < 4.78 is 0. The molecular weight excluding hydrogens is 226 g/mol. The molecule has 104 valence electrons. The van der Waals surface area contributed by atoms with Gasteiger partial charge in [-0.3, -0.25) is 9.69 Å². The molecule has 18 heavy (non-hydrogen) atoms. The van der Waals surface area contributed by atoms with Crippen LogP contribution in [-0.2, 0) is 4.79 Å². The highest BCUT2D eigenvalue weighted by Crippen LogP contribution is 2.25. The number of amides is 1. The van der Waals surface area contributed by atoms with Gasteiger partial charge < -0.3 is 10.6 Å². The lowest BCUT2D eigenvalue weighted by Gasteiger charge is -2.34. The second-order valence-corrected chi connectivity index (χ2v) is 5.95. The van der Waals surface area contributed by atoms with Gasteiger partial charge in [-0.15, -0.1) is 0 Å². The summed E-state index contributed by atoms with van der Waals surface area (Å²) in [5.41, 5.74) is 5.76. The Labute approximate surface area is 110 Å². The quantitative estimate of drug-likeness (QED) is 0.818. The van der Waals surface area contributed by atoms with E-state index in [1.54, 1.807) is 0 Å². The van der Waals surface area contributed by atoms with Gasteiger partial charge in [-0.25, -0.2) is 0 Å². The summed E-state index contributed by atoms with van der Waals surface area (Å²) in [6.07, 6.45) is 4.74. The fourth-order valence-electron chi connectivity index (χ4n) is 3.40. The van der Waals surface area contributed by atoms with Crippen LogP contribution < -0.4 is 5.73 Å². The van der Waals surface area contributed by atoms with Crippen LogP contribution in [0.1, 0.15) is 39.5 Å². The Kier molecular flexibility index (Phi) is 4.62. The van der Waals surface area contributed by atoms with Gasteiger partial charge in [-0.05, 0) is 52.0 Å². The molecule has 2 aliphatic rings. The topological polar surface area (TPSA) is 49.6 Å².